The summed E-state index contributed by atoms with van der Waals surface area (Å²) in [5, 5.41) is 2.68. The SMILES string of the molecule is CC(C)[C@H](N)C(=O)Nc1ccc(S(=O)(=O)NCC2CC2)cc1. The van der Waals surface area contributed by atoms with Crippen molar-refractivity contribution in [3.8, 4) is 0 Å². The minimum Gasteiger partial charge on any atom is -0.325 e. The van der Waals surface area contributed by atoms with E-state index >= 15 is 0 Å². The van der Waals surface area contributed by atoms with Crippen LogP contribution in [0.1, 0.15) is 26.7 Å². The molecule has 0 aliphatic heterocycles. The van der Waals surface area contributed by atoms with Crippen LogP contribution in [0.4, 0.5) is 5.69 Å². The van der Waals surface area contributed by atoms with Crippen LogP contribution in [0, 0.1) is 11.8 Å². The zero-order chi connectivity index (χ0) is 16.3. The molecule has 1 atom stereocenters. The summed E-state index contributed by atoms with van der Waals surface area (Å²) in [6.45, 7) is 4.22. The van der Waals surface area contributed by atoms with Gasteiger partial charge >= 0.3 is 0 Å². The highest BCUT2D eigenvalue weighted by molar-refractivity contribution is 7.89. The quantitative estimate of drug-likeness (QED) is 0.703. The van der Waals surface area contributed by atoms with Gasteiger partial charge in [-0.15, -0.1) is 0 Å². The highest BCUT2D eigenvalue weighted by atomic mass is 32.2. The highest BCUT2D eigenvalue weighted by Crippen LogP contribution is 2.28. The predicted octanol–water partition coefficient (Wildman–Crippen LogP) is 1.30. The van der Waals surface area contributed by atoms with Crippen LogP contribution in [0.15, 0.2) is 29.2 Å². The summed E-state index contributed by atoms with van der Waals surface area (Å²) >= 11 is 0. The van der Waals surface area contributed by atoms with Crippen LogP contribution >= 0.6 is 0 Å². The molecule has 0 heterocycles. The number of carbonyl (C=O) groups is 1. The lowest BCUT2D eigenvalue weighted by atomic mass is 10.1. The summed E-state index contributed by atoms with van der Waals surface area (Å²) in [7, 11) is -3.48. The molecule has 0 unspecified atom stereocenters. The van der Waals surface area contributed by atoms with Crippen molar-refractivity contribution < 1.29 is 13.2 Å². The standard InChI is InChI=1S/C15H23N3O3S/c1-10(2)14(16)15(19)18-12-5-7-13(8-6-12)22(20,21)17-9-11-3-4-11/h5-8,10-11,14,17H,3-4,9,16H2,1-2H3,(H,18,19)/t14-/m0/s1. The number of amides is 1. The molecule has 0 spiro atoms. The molecular formula is C15H23N3O3S. The first kappa shape index (κ1) is 16.9. The molecule has 1 aliphatic carbocycles. The normalized spacial score (nSPS) is 16.5. The van der Waals surface area contributed by atoms with E-state index in [2.05, 4.69) is 10.0 Å². The third-order valence-corrected chi connectivity index (χ3v) is 5.15. The Labute approximate surface area is 131 Å². The van der Waals surface area contributed by atoms with Gasteiger partial charge in [-0.05, 0) is 48.9 Å². The second-order valence-corrected chi connectivity index (χ2v) is 7.85. The monoisotopic (exact) mass is 325 g/mol. The van der Waals surface area contributed by atoms with E-state index in [4.69, 9.17) is 5.73 Å². The lowest BCUT2D eigenvalue weighted by Gasteiger charge is -2.15. The van der Waals surface area contributed by atoms with Gasteiger partial charge in [0.2, 0.25) is 15.9 Å². The Morgan fingerprint density at radius 3 is 2.36 bits per heavy atom. The van der Waals surface area contributed by atoms with Gasteiger partial charge in [-0.2, -0.15) is 0 Å². The summed E-state index contributed by atoms with van der Waals surface area (Å²) in [5.74, 6) is 0.231. The molecule has 7 heteroatoms. The van der Waals surface area contributed by atoms with Crippen molar-refractivity contribution >= 4 is 21.6 Å². The van der Waals surface area contributed by atoms with E-state index in [1.54, 1.807) is 12.1 Å². The Kier molecular flexibility index (Phi) is 5.20. The van der Waals surface area contributed by atoms with Crippen molar-refractivity contribution in [2.45, 2.75) is 37.6 Å². The summed E-state index contributed by atoms with van der Waals surface area (Å²) < 4.78 is 26.7. The molecule has 4 N–H and O–H groups in total. The van der Waals surface area contributed by atoms with Crippen molar-refractivity contribution in [3.05, 3.63) is 24.3 Å². The number of rotatable bonds is 7. The van der Waals surface area contributed by atoms with E-state index in [1.165, 1.54) is 12.1 Å². The van der Waals surface area contributed by atoms with E-state index < -0.39 is 16.1 Å². The van der Waals surface area contributed by atoms with E-state index in [1.807, 2.05) is 13.8 Å². The van der Waals surface area contributed by atoms with Crippen LogP contribution in [0.25, 0.3) is 0 Å². The Hall–Kier alpha value is -1.44. The number of benzene rings is 1. The second-order valence-electron chi connectivity index (χ2n) is 6.08. The van der Waals surface area contributed by atoms with Gasteiger partial charge in [0, 0.05) is 12.2 Å². The maximum atomic E-state index is 12.1. The molecule has 0 saturated heterocycles. The summed E-state index contributed by atoms with van der Waals surface area (Å²) in [6.07, 6.45) is 2.17. The van der Waals surface area contributed by atoms with Crippen molar-refractivity contribution in [3.63, 3.8) is 0 Å². The van der Waals surface area contributed by atoms with Crippen LogP contribution in [-0.2, 0) is 14.8 Å². The largest absolute Gasteiger partial charge is 0.325 e. The molecule has 22 heavy (non-hydrogen) atoms. The van der Waals surface area contributed by atoms with Crippen molar-refractivity contribution in [1.82, 2.24) is 4.72 Å². The number of carbonyl (C=O) groups excluding carboxylic acids is 1. The average Bonchev–Trinajstić information content (AvgIpc) is 3.29. The third-order valence-electron chi connectivity index (χ3n) is 3.71. The molecule has 0 radical (unpaired) electrons. The predicted molar refractivity (Wildman–Crippen MR) is 85.8 cm³/mol. The fourth-order valence-electron chi connectivity index (χ4n) is 1.88. The van der Waals surface area contributed by atoms with E-state index in [0.717, 1.165) is 12.8 Å². The minimum absolute atomic E-state index is 0.0336. The number of anilines is 1. The first-order valence-electron chi connectivity index (χ1n) is 7.46. The summed E-state index contributed by atoms with van der Waals surface area (Å²) in [4.78, 5) is 12.0. The Bertz CT molecular complexity index is 622. The maximum Gasteiger partial charge on any atom is 0.241 e. The number of hydrogen-bond acceptors (Lipinski definition) is 4. The number of nitrogens with one attached hydrogen (secondary N) is 2. The van der Waals surface area contributed by atoms with Gasteiger partial charge in [0.05, 0.1) is 10.9 Å². The Morgan fingerprint density at radius 2 is 1.86 bits per heavy atom. The summed E-state index contributed by atoms with van der Waals surface area (Å²) in [5.41, 5.74) is 6.29. The first-order valence-corrected chi connectivity index (χ1v) is 8.94. The van der Waals surface area contributed by atoms with Crippen LogP contribution in [0.3, 0.4) is 0 Å². The molecule has 0 aromatic heterocycles. The van der Waals surface area contributed by atoms with Gasteiger partial charge in [0.1, 0.15) is 0 Å². The molecule has 1 aromatic carbocycles. The van der Waals surface area contributed by atoms with Crippen LogP contribution in [0.2, 0.25) is 0 Å². The van der Waals surface area contributed by atoms with Crippen LogP contribution in [-0.4, -0.2) is 26.9 Å². The third kappa shape index (κ3) is 4.53. The lowest BCUT2D eigenvalue weighted by molar-refractivity contribution is -0.118. The number of sulfonamides is 1. The van der Waals surface area contributed by atoms with Gasteiger partial charge in [0.25, 0.3) is 0 Å². The second kappa shape index (κ2) is 6.76. The van der Waals surface area contributed by atoms with Crippen molar-refractivity contribution in [2.24, 2.45) is 17.6 Å². The maximum absolute atomic E-state index is 12.1. The average molecular weight is 325 g/mol. The zero-order valence-electron chi connectivity index (χ0n) is 12.9. The van der Waals surface area contributed by atoms with Gasteiger partial charge in [-0.1, -0.05) is 13.8 Å². The fourth-order valence-corrected chi connectivity index (χ4v) is 2.99. The Morgan fingerprint density at radius 1 is 1.27 bits per heavy atom. The highest BCUT2D eigenvalue weighted by Gasteiger charge is 2.24. The van der Waals surface area contributed by atoms with Gasteiger partial charge in [0.15, 0.2) is 0 Å². The molecule has 1 fully saturated rings. The first-order chi connectivity index (χ1) is 10.3. The van der Waals surface area contributed by atoms with Gasteiger partial charge in [-0.25, -0.2) is 13.1 Å². The molecule has 1 aromatic rings. The van der Waals surface area contributed by atoms with Gasteiger partial charge < -0.3 is 11.1 Å². The van der Waals surface area contributed by atoms with Crippen LogP contribution < -0.4 is 15.8 Å². The lowest BCUT2D eigenvalue weighted by Crippen LogP contribution is -2.39. The molecule has 1 amide bonds. The number of hydrogen-bond donors (Lipinski definition) is 3. The van der Waals surface area contributed by atoms with Crippen LogP contribution in [0.5, 0.6) is 0 Å². The topological polar surface area (TPSA) is 101 Å². The number of nitrogens with two attached hydrogens (primary N) is 1. The van der Waals surface area contributed by atoms with E-state index in [0.29, 0.717) is 18.2 Å². The zero-order valence-corrected chi connectivity index (χ0v) is 13.7. The van der Waals surface area contributed by atoms with E-state index in [-0.39, 0.29) is 16.7 Å². The molecule has 6 nitrogen and oxygen atoms in total. The Balaban J connectivity index is 1.98. The molecule has 122 valence electrons. The van der Waals surface area contributed by atoms with E-state index in [9.17, 15) is 13.2 Å². The smallest absolute Gasteiger partial charge is 0.241 e. The van der Waals surface area contributed by atoms with Gasteiger partial charge in [-0.3, -0.25) is 4.79 Å². The molecule has 2 rings (SSSR count). The summed E-state index contributed by atoms with van der Waals surface area (Å²) in [6, 6.07) is 5.49. The minimum atomic E-state index is -3.48. The molecule has 0 bridgehead atoms. The molecular weight excluding hydrogens is 302 g/mol. The van der Waals surface area contributed by atoms with Crippen molar-refractivity contribution in [1.29, 1.82) is 0 Å². The van der Waals surface area contributed by atoms with Crippen molar-refractivity contribution in [2.75, 3.05) is 11.9 Å². The molecule has 1 saturated carbocycles. The molecule has 1 aliphatic rings. The fraction of sp³-hybridized carbons (Fsp3) is 0.533.